The van der Waals surface area contributed by atoms with Gasteiger partial charge in [0.15, 0.2) is 11.6 Å². The van der Waals surface area contributed by atoms with Crippen molar-refractivity contribution in [1.82, 2.24) is 0 Å². The van der Waals surface area contributed by atoms with Crippen LogP contribution in [0.4, 0.5) is 8.78 Å². The van der Waals surface area contributed by atoms with Gasteiger partial charge in [0.2, 0.25) is 0 Å². The maximum absolute atomic E-state index is 13.5. The Hall–Kier alpha value is -1.65. The number of benzene rings is 1. The van der Waals surface area contributed by atoms with Crippen molar-refractivity contribution in [2.24, 2.45) is 5.92 Å². The van der Waals surface area contributed by atoms with E-state index in [0.717, 1.165) is 12.1 Å². The van der Waals surface area contributed by atoms with Crippen LogP contribution in [0.25, 0.3) is 0 Å². The minimum Gasteiger partial charge on any atom is -0.490 e. The van der Waals surface area contributed by atoms with Gasteiger partial charge in [-0.05, 0) is 12.1 Å². The van der Waals surface area contributed by atoms with Crippen LogP contribution in [0.5, 0.6) is 5.75 Å². The highest BCUT2D eigenvalue weighted by molar-refractivity contribution is 5.78. The van der Waals surface area contributed by atoms with Crippen LogP contribution in [0, 0.1) is 17.6 Å². The first-order valence-corrected chi connectivity index (χ1v) is 4.86. The summed E-state index contributed by atoms with van der Waals surface area (Å²) in [6.07, 6.45) is 0. The van der Waals surface area contributed by atoms with Crippen molar-refractivity contribution < 1.29 is 23.4 Å². The largest absolute Gasteiger partial charge is 0.490 e. The molecule has 2 unspecified atom stereocenters. The number of hydrogen-bond acceptors (Lipinski definition) is 2. The topological polar surface area (TPSA) is 46.5 Å². The van der Waals surface area contributed by atoms with Crippen molar-refractivity contribution in [3.63, 3.8) is 0 Å². The summed E-state index contributed by atoms with van der Waals surface area (Å²) in [6, 6.07) is 1.86. The van der Waals surface area contributed by atoms with Crippen molar-refractivity contribution in [2.75, 3.05) is 6.61 Å². The highest BCUT2D eigenvalue weighted by Gasteiger charge is 2.37. The normalized spacial score (nSPS) is 23.4. The Labute approximate surface area is 90.7 Å². The SMILES string of the molecule is CC1COc2c(F)ccc(F)c2C1C(=O)O. The molecule has 0 amide bonds. The van der Waals surface area contributed by atoms with E-state index in [0.29, 0.717) is 0 Å². The third-order valence-corrected chi connectivity index (χ3v) is 2.73. The Kier molecular flexibility index (Phi) is 2.53. The van der Waals surface area contributed by atoms with Gasteiger partial charge < -0.3 is 9.84 Å². The van der Waals surface area contributed by atoms with Gasteiger partial charge in [-0.2, -0.15) is 0 Å². The van der Waals surface area contributed by atoms with Crippen LogP contribution in [0.15, 0.2) is 12.1 Å². The van der Waals surface area contributed by atoms with E-state index >= 15 is 0 Å². The number of aliphatic carboxylic acids is 1. The second-order valence-electron chi connectivity index (χ2n) is 3.88. The Balaban J connectivity index is 2.62. The third-order valence-electron chi connectivity index (χ3n) is 2.73. The highest BCUT2D eigenvalue weighted by Crippen LogP contribution is 2.40. The number of fused-ring (bicyclic) bond motifs is 1. The van der Waals surface area contributed by atoms with E-state index in [2.05, 4.69) is 0 Å². The fraction of sp³-hybridized carbons (Fsp3) is 0.364. The van der Waals surface area contributed by atoms with Crippen LogP contribution < -0.4 is 4.74 Å². The van der Waals surface area contributed by atoms with Gasteiger partial charge in [0.05, 0.1) is 12.5 Å². The predicted octanol–water partition coefficient (Wildman–Crippen LogP) is 2.16. The van der Waals surface area contributed by atoms with Crippen molar-refractivity contribution in [3.05, 3.63) is 29.3 Å². The molecule has 5 heteroatoms. The molecule has 0 aliphatic carbocycles. The van der Waals surface area contributed by atoms with Crippen LogP contribution in [0.3, 0.4) is 0 Å². The van der Waals surface area contributed by atoms with Gasteiger partial charge in [-0.3, -0.25) is 4.79 Å². The Morgan fingerprint density at radius 2 is 2.06 bits per heavy atom. The molecule has 2 atom stereocenters. The van der Waals surface area contributed by atoms with Crippen LogP contribution in [-0.2, 0) is 4.79 Å². The number of carboxylic acid groups (broad SMARTS) is 1. The summed E-state index contributed by atoms with van der Waals surface area (Å²) in [5.74, 6) is -4.35. The maximum Gasteiger partial charge on any atom is 0.311 e. The van der Waals surface area contributed by atoms with Crippen molar-refractivity contribution in [2.45, 2.75) is 12.8 Å². The van der Waals surface area contributed by atoms with E-state index in [1.807, 2.05) is 0 Å². The molecule has 86 valence electrons. The molecular formula is C11H10F2O3. The van der Waals surface area contributed by atoms with E-state index in [4.69, 9.17) is 9.84 Å². The first-order valence-electron chi connectivity index (χ1n) is 4.86. The molecule has 0 saturated carbocycles. The van der Waals surface area contributed by atoms with Gasteiger partial charge in [-0.1, -0.05) is 6.92 Å². The van der Waals surface area contributed by atoms with Crippen LogP contribution in [0.1, 0.15) is 18.4 Å². The molecule has 1 aromatic rings. The second-order valence-corrected chi connectivity index (χ2v) is 3.88. The lowest BCUT2D eigenvalue weighted by Crippen LogP contribution is -2.30. The van der Waals surface area contributed by atoms with E-state index in [-0.39, 0.29) is 23.8 Å². The predicted molar refractivity (Wildman–Crippen MR) is 51.4 cm³/mol. The number of carboxylic acids is 1. The third kappa shape index (κ3) is 1.52. The van der Waals surface area contributed by atoms with Crippen molar-refractivity contribution >= 4 is 5.97 Å². The summed E-state index contributed by atoms with van der Waals surface area (Å²) >= 11 is 0. The molecule has 0 bridgehead atoms. The first kappa shape index (κ1) is 10.9. The summed E-state index contributed by atoms with van der Waals surface area (Å²) in [5, 5.41) is 9.03. The summed E-state index contributed by atoms with van der Waals surface area (Å²) in [6.45, 7) is 1.70. The standard InChI is InChI=1S/C11H10F2O3/c1-5-4-16-10-7(13)3-2-6(12)9(10)8(5)11(14)15/h2-3,5,8H,4H2,1H3,(H,14,15). The number of rotatable bonds is 1. The summed E-state index contributed by atoms with van der Waals surface area (Å²) in [5.41, 5.74) is -0.189. The lowest BCUT2D eigenvalue weighted by Gasteiger charge is -2.29. The minimum atomic E-state index is -1.17. The average Bonchev–Trinajstić information content (AvgIpc) is 2.23. The molecule has 0 fully saturated rings. The number of carbonyl (C=O) groups is 1. The molecule has 1 aliphatic rings. The number of hydrogen-bond donors (Lipinski definition) is 1. The fourth-order valence-corrected chi connectivity index (χ4v) is 1.95. The highest BCUT2D eigenvalue weighted by atomic mass is 19.1. The molecule has 2 rings (SSSR count). The lowest BCUT2D eigenvalue weighted by molar-refractivity contribution is -0.141. The van der Waals surface area contributed by atoms with Crippen LogP contribution in [0.2, 0.25) is 0 Å². The van der Waals surface area contributed by atoms with Gasteiger partial charge in [0.1, 0.15) is 5.82 Å². The van der Waals surface area contributed by atoms with Gasteiger partial charge in [-0.15, -0.1) is 0 Å². The average molecular weight is 228 g/mol. The van der Waals surface area contributed by atoms with Gasteiger partial charge in [-0.25, -0.2) is 8.78 Å². The molecular weight excluding hydrogens is 218 g/mol. The summed E-state index contributed by atoms with van der Waals surface area (Å²) in [7, 11) is 0. The van der Waals surface area contributed by atoms with Crippen molar-refractivity contribution in [1.29, 1.82) is 0 Å². The molecule has 0 saturated heterocycles. The fourth-order valence-electron chi connectivity index (χ4n) is 1.95. The lowest BCUT2D eigenvalue weighted by atomic mass is 9.85. The minimum absolute atomic E-state index is 0.0738. The second kappa shape index (κ2) is 3.73. The van der Waals surface area contributed by atoms with Crippen LogP contribution >= 0.6 is 0 Å². The smallest absolute Gasteiger partial charge is 0.311 e. The Morgan fingerprint density at radius 3 is 2.69 bits per heavy atom. The van der Waals surface area contributed by atoms with Gasteiger partial charge in [0, 0.05) is 11.5 Å². The number of halogens is 2. The molecule has 3 nitrogen and oxygen atoms in total. The first-order chi connectivity index (χ1) is 7.52. The molecule has 0 spiro atoms. The summed E-state index contributed by atoms with van der Waals surface area (Å²) in [4.78, 5) is 11.0. The van der Waals surface area contributed by atoms with Gasteiger partial charge in [0.25, 0.3) is 0 Å². The zero-order chi connectivity index (χ0) is 11.9. The van der Waals surface area contributed by atoms with Crippen LogP contribution in [-0.4, -0.2) is 17.7 Å². The van der Waals surface area contributed by atoms with E-state index in [1.165, 1.54) is 0 Å². The molecule has 0 aromatic heterocycles. The number of ether oxygens (including phenoxy) is 1. The Morgan fingerprint density at radius 1 is 1.44 bits per heavy atom. The van der Waals surface area contributed by atoms with Gasteiger partial charge >= 0.3 is 5.97 Å². The monoisotopic (exact) mass is 228 g/mol. The molecule has 1 heterocycles. The van der Waals surface area contributed by atoms with E-state index in [9.17, 15) is 13.6 Å². The Bertz CT molecular complexity index is 445. The summed E-state index contributed by atoms with van der Waals surface area (Å²) < 4.78 is 31.9. The zero-order valence-electron chi connectivity index (χ0n) is 8.54. The zero-order valence-corrected chi connectivity index (χ0v) is 8.54. The van der Waals surface area contributed by atoms with E-state index in [1.54, 1.807) is 6.92 Å². The molecule has 1 aromatic carbocycles. The molecule has 16 heavy (non-hydrogen) atoms. The quantitative estimate of drug-likeness (QED) is 0.801. The molecule has 1 N–H and O–H groups in total. The molecule has 0 radical (unpaired) electrons. The molecule has 1 aliphatic heterocycles. The maximum atomic E-state index is 13.5. The van der Waals surface area contributed by atoms with Crippen molar-refractivity contribution in [3.8, 4) is 5.75 Å². The van der Waals surface area contributed by atoms with E-state index < -0.39 is 23.5 Å².